The van der Waals surface area contributed by atoms with Gasteiger partial charge < -0.3 is 4.90 Å². The van der Waals surface area contributed by atoms with E-state index in [9.17, 15) is 22.8 Å². The molecular formula is C12H8Cl2F3NO2. The standard InChI is InChI=1S/C12H8Cl2F3NO2/c13-8-2-1-7(12(15,16)17)4-9(8)18-5-6(11(14)20)3-10(18)19/h1-2,4,6H,3,5H2/t6-/m1/s1. The molecule has 1 aromatic rings. The second kappa shape index (κ2) is 5.26. The first-order valence-corrected chi connectivity index (χ1v) is 6.32. The number of nitrogens with zero attached hydrogens (tertiary/aromatic N) is 1. The molecule has 1 amide bonds. The number of carbonyl (C=O) groups is 2. The predicted molar refractivity (Wildman–Crippen MR) is 67.8 cm³/mol. The molecule has 0 aliphatic carbocycles. The Morgan fingerprint density at radius 2 is 2.00 bits per heavy atom. The van der Waals surface area contributed by atoms with Gasteiger partial charge in [-0.3, -0.25) is 9.59 Å². The monoisotopic (exact) mass is 325 g/mol. The molecular weight excluding hydrogens is 318 g/mol. The normalized spacial score (nSPS) is 19.6. The highest BCUT2D eigenvalue weighted by Gasteiger charge is 2.37. The molecule has 1 aliphatic rings. The van der Waals surface area contributed by atoms with Crippen LogP contribution in [0.25, 0.3) is 0 Å². The van der Waals surface area contributed by atoms with Crippen LogP contribution in [0, 0.1) is 5.92 Å². The first kappa shape index (κ1) is 15.1. The summed E-state index contributed by atoms with van der Waals surface area (Å²) >= 11 is 11.2. The fraction of sp³-hybridized carbons (Fsp3) is 0.333. The van der Waals surface area contributed by atoms with E-state index in [1.807, 2.05) is 0 Å². The highest BCUT2D eigenvalue weighted by Crippen LogP contribution is 2.37. The first-order chi connectivity index (χ1) is 9.20. The van der Waals surface area contributed by atoms with Gasteiger partial charge in [0.15, 0.2) is 0 Å². The lowest BCUT2D eigenvalue weighted by Crippen LogP contribution is -2.26. The Hall–Kier alpha value is -1.27. The maximum Gasteiger partial charge on any atom is 0.416 e. The smallest absolute Gasteiger partial charge is 0.310 e. The Morgan fingerprint density at radius 1 is 1.35 bits per heavy atom. The van der Waals surface area contributed by atoms with Crippen molar-refractivity contribution in [2.75, 3.05) is 11.4 Å². The molecule has 0 radical (unpaired) electrons. The molecule has 1 saturated heterocycles. The minimum Gasteiger partial charge on any atom is -0.310 e. The van der Waals surface area contributed by atoms with Crippen LogP contribution in [-0.2, 0) is 15.8 Å². The van der Waals surface area contributed by atoms with Crippen molar-refractivity contribution in [3.8, 4) is 0 Å². The van der Waals surface area contributed by atoms with Crippen LogP contribution in [0.4, 0.5) is 18.9 Å². The lowest BCUT2D eigenvalue weighted by atomic mass is 10.1. The summed E-state index contributed by atoms with van der Waals surface area (Å²) in [7, 11) is 0. The number of alkyl halides is 3. The van der Waals surface area contributed by atoms with Gasteiger partial charge in [-0.1, -0.05) is 11.6 Å². The molecule has 108 valence electrons. The van der Waals surface area contributed by atoms with Crippen molar-refractivity contribution >= 4 is 40.0 Å². The van der Waals surface area contributed by atoms with Gasteiger partial charge in [0.05, 0.1) is 22.2 Å². The van der Waals surface area contributed by atoms with Crippen LogP contribution in [0.2, 0.25) is 5.02 Å². The number of benzene rings is 1. The van der Waals surface area contributed by atoms with Crippen molar-refractivity contribution in [1.82, 2.24) is 0 Å². The summed E-state index contributed by atoms with van der Waals surface area (Å²) in [6.07, 6.45) is -4.67. The SMILES string of the molecule is O=C(Cl)[C@@H]1CC(=O)N(c2cc(C(F)(F)F)ccc2Cl)C1. The summed E-state index contributed by atoms with van der Waals surface area (Å²) in [5.74, 6) is -1.21. The number of amides is 1. The van der Waals surface area contributed by atoms with Crippen LogP contribution in [0.3, 0.4) is 0 Å². The minimum atomic E-state index is -4.54. The summed E-state index contributed by atoms with van der Waals surface area (Å²) in [6.45, 7) is -0.0673. The van der Waals surface area contributed by atoms with Gasteiger partial charge in [0.2, 0.25) is 11.1 Å². The molecule has 1 aromatic carbocycles. The van der Waals surface area contributed by atoms with Crippen LogP contribution in [0.1, 0.15) is 12.0 Å². The van der Waals surface area contributed by atoms with Gasteiger partial charge in [0, 0.05) is 13.0 Å². The van der Waals surface area contributed by atoms with Gasteiger partial charge in [0.1, 0.15) is 0 Å². The van der Waals surface area contributed by atoms with Crippen molar-refractivity contribution in [3.63, 3.8) is 0 Å². The quantitative estimate of drug-likeness (QED) is 0.781. The topological polar surface area (TPSA) is 37.4 Å². The maximum atomic E-state index is 12.7. The molecule has 0 N–H and O–H groups in total. The number of halogens is 5. The lowest BCUT2D eigenvalue weighted by molar-refractivity contribution is -0.137. The maximum absolute atomic E-state index is 12.7. The van der Waals surface area contributed by atoms with E-state index in [0.29, 0.717) is 0 Å². The highest BCUT2D eigenvalue weighted by atomic mass is 35.5. The molecule has 8 heteroatoms. The molecule has 1 fully saturated rings. The molecule has 1 aliphatic heterocycles. The Balaban J connectivity index is 2.38. The number of anilines is 1. The number of rotatable bonds is 2. The molecule has 0 saturated carbocycles. The van der Waals surface area contributed by atoms with Crippen LogP contribution in [0.5, 0.6) is 0 Å². The van der Waals surface area contributed by atoms with Gasteiger partial charge in [-0.2, -0.15) is 13.2 Å². The van der Waals surface area contributed by atoms with E-state index in [4.69, 9.17) is 23.2 Å². The lowest BCUT2D eigenvalue weighted by Gasteiger charge is -2.19. The number of hydrogen-bond acceptors (Lipinski definition) is 2. The Bertz CT molecular complexity index is 574. The number of carbonyl (C=O) groups excluding carboxylic acids is 2. The summed E-state index contributed by atoms with van der Waals surface area (Å²) in [4.78, 5) is 23.9. The summed E-state index contributed by atoms with van der Waals surface area (Å²) in [5.41, 5.74) is -0.975. The third-order valence-corrected chi connectivity index (χ3v) is 3.64. The van der Waals surface area contributed by atoms with Gasteiger partial charge in [-0.15, -0.1) is 0 Å². The molecule has 2 rings (SSSR count). The molecule has 1 atom stereocenters. The van der Waals surface area contributed by atoms with Gasteiger partial charge in [0.25, 0.3) is 0 Å². The van der Waals surface area contributed by atoms with Crippen molar-refractivity contribution in [2.24, 2.45) is 5.92 Å². The Morgan fingerprint density at radius 3 is 2.50 bits per heavy atom. The fourth-order valence-electron chi connectivity index (χ4n) is 1.99. The third-order valence-electron chi connectivity index (χ3n) is 3.01. The second-order valence-electron chi connectivity index (χ2n) is 4.37. The van der Waals surface area contributed by atoms with Gasteiger partial charge in [-0.25, -0.2) is 0 Å². The molecule has 20 heavy (non-hydrogen) atoms. The summed E-state index contributed by atoms with van der Waals surface area (Å²) < 4.78 is 38.0. The third kappa shape index (κ3) is 2.91. The van der Waals surface area contributed by atoms with Crippen LogP contribution >= 0.6 is 23.2 Å². The molecule has 1 heterocycles. The van der Waals surface area contributed by atoms with E-state index in [-0.39, 0.29) is 23.7 Å². The van der Waals surface area contributed by atoms with Crippen LogP contribution in [-0.4, -0.2) is 17.7 Å². The summed E-state index contributed by atoms with van der Waals surface area (Å²) in [5, 5.41) is -0.682. The largest absolute Gasteiger partial charge is 0.416 e. The Labute approximate surface area is 122 Å². The van der Waals surface area contributed by atoms with Gasteiger partial charge in [-0.05, 0) is 29.8 Å². The molecule has 0 spiro atoms. The highest BCUT2D eigenvalue weighted by molar-refractivity contribution is 6.64. The fourth-order valence-corrected chi connectivity index (χ4v) is 2.35. The van der Waals surface area contributed by atoms with Gasteiger partial charge >= 0.3 is 6.18 Å². The van der Waals surface area contributed by atoms with E-state index in [1.165, 1.54) is 0 Å². The van der Waals surface area contributed by atoms with Crippen molar-refractivity contribution in [1.29, 1.82) is 0 Å². The van der Waals surface area contributed by atoms with Crippen molar-refractivity contribution < 1.29 is 22.8 Å². The minimum absolute atomic E-state index is 0.00835. The molecule has 0 unspecified atom stereocenters. The van der Waals surface area contributed by atoms with E-state index in [1.54, 1.807) is 0 Å². The average molecular weight is 326 g/mol. The first-order valence-electron chi connectivity index (χ1n) is 5.56. The van der Waals surface area contributed by atoms with Crippen molar-refractivity contribution in [3.05, 3.63) is 28.8 Å². The Kier molecular flexibility index (Phi) is 3.97. The molecule has 0 aromatic heterocycles. The molecule has 3 nitrogen and oxygen atoms in total. The average Bonchev–Trinajstić information content (AvgIpc) is 2.70. The van der Waals surface area contributed by atoms with E-state index < -0.39 is 28.8 Å². The number of hydrogen-bond donors (Lipinski definition) is 0. The zero-order valence-corrected chi connectivity index (χ0v) is 11.4. The predicted octanol–water partition coefficient (Wildman–Crippen LogP) is 3.48. The van der Waals surface area contributed by atoms with Crippen molar-refractivity contribution in [2.45, 2.75) is 12.6 Å². The zero-order valence-electron chi connectivity index (χ0n) is 9.88. The van der Waals surface area contributed by atoms with Crippen LogP contribution in [0.15, 0.2) is 18.2 Å². The van der Waals surface area contributed by atoms with Crippen LogP contribution < -0.4 is 4.90 Å². The zero-order chi connectivity index (χ0) is 15.1. The van der Waals surface area contributed by atoms with E-state index >= 15 is 0 Å². The summed E-state index contributed by atoms with van der Waals surface area (Å²) in [6, 6.07) is 2.70. The molecule has 0 bridgehead atoms. The second-order valence-corrected chi connectivity index (χ2v) is 5.15. The van der Waals surface area contributed by atoms with E-state index in [2.05, 4.69) is 0 Å². The van der Waals surface area contributed by atoms with E-state index in [0.717, 1.165) is 23.1 Å².